The number of aromatic amines is 1. The molecule has 0 aliphatic heterocycles. The van der Waals surface area contributed by atoms with Crippen molar-refractivity contribution in [2.45, 2.75) is 39.7 Å². The van der Waals surface area contributed by atoms with Crippen LogP contribution in [0.5, 0.6) is 0 Å². The second kappa shape index (κ2) is 6.17. The van der Waals surface area contributed by atoms with Crippen LogP contribution in [0.25, 0.3) is 10.8 Å². The Labute approximate surface area is 138 Å². The molecule has 1 aromatic heterocycles. The average molecular weight is 307 g/mol. The third-order valence-corrected chi connectivity index (χ3v) is 4.57. The maximum absolute atomic E-state index is 4.53. The second-order valence-corrected chi connectivity index (χ2v) is 6.94. The molecule has 0 atom stereocenters. The van der Waals surface area contributed by atoms with E-state index in [0.29, 0.717) is 0 Å². The topological polar surface area (TPSA) is 40.7 Å². The summed E-state index contributed by atoms with van der Waals surface area (Å²) in [6, 6.07) is 15.3. The highest BCUT2D eigenvalue weighted by Gasteiger charge is 2.20. The number of hydrogen-bond donors (Lipinski definition) is 2. The predicted octanol–water partition coefficient (Wildman–Crippen LogP) is 4.25. The van der Waals surface area contributed by atoms with Gasteiger partial charge in [-0.25, -0.2) is 4.98 Å². The average Bonchev–Trinajstić information content (AvgIpc) is 2.85. The highest BCUT2D eigenvalue weighted by atomic mass is 15.0. The van der Waals surface area contributed by atoms with E-state index in [1.165, 1.54) is 16.3 Å². The Kier molecular flexibility index (Phi) is 4.22. The quantitative estimate of drug-likeness (QED) is 0.740. The Morgan fingerprint density at radius 1 is 1.04 bits per heavy atom. The number of aromatic nitrogens is 2. The van der Waals surface area contributed by atoms with E-state index in [9.17, 15) is 0 Å². The molecular weight excluding hydrogens is 282 g/mol. The highest BCUT2D eigenvalue weighted by Crippen LogP contribution is 2.26. The monoisotopic (exact) mass is 307 g/mol. The summed E-state index contributed by atoms with van der Waals surface area (Å²) < 4.78 is 0. The van der Waals surface area contributed by atoms with Crippen LogP contribution < -0.4 is 5.32 Å². The normalized spacial score (nSPS) is 12.0. The fourth-order valence-electron chi connectivity index (χ4n) is 2.91. The van der Waals surface area contributed by atoms with Gasteiger partial charge in [-0.15, -0.1) is 0 Å². The number of nitrogens with one attached hydrogen (secondary N) is 2. The van der Waals surface area contributed by atoms with E-state index in [4.69, 9.17) is 0 Å². The Bertz CT molecular complexity index is 795. The summed E-state index contributed by atoms with van der Waals surface area (Å²) in [5, 5.41) is 6.13. The number of nitrogens with zero attached hydrogens (tertiary/aromatic N) is 1. The van der Waals surface area contributed by atoms with Gasteiger partial charge in [0.25, 0.3) is 0 Å². The van der Waals surface area contributed by atoms with Gasteiger partial charge in [0.05, 0.1) is 12.2 Å². The standard InChI is InChI=1S/C20H25N3/c1-14-15(2)23-19(22-14)12-21-13-20(3,4)18-10-9-16-7-5-6-8-17(16)11-18/h5-11,21H,12-13H2,1-4H3,(H,22,23). The Hall–Kier alpha value is -2.13. The largest absolute Gasteiger partial charge is 0.345 e. The Morgan fingerprint density at radius 3 is 2.48 bits per heavy atom. The van der Waals surface area contributed by atoms with Crippen molar-refractivity contribution in [2.75, 3.05) is 6.54 Å². The van der Waals surface area contributed by atoms with Gasteiger partial charge in [0.15, 0.2) is 0 Å². The number of imidazole rings is 1. The number of rotatable bonds is 5. The summed E-state index contributed by atoms with van der Waals surface area (Å²) in [6.07, 6.45) is 0. The van der Waals surface area contributed by atoms with Gasteiger partial charge in [0, 0.05) is 17.7 Å². The van der Waals surface area contributed by atoms with Gasteiger partial charge in [0.1, 0.15) is 5.82 Å². The van der Waals surface area contributed by atoms with Crippen LogP contribution in [0.1, 0.15) is 36.6 Å². The van der Waals surface area contributed by atoms with E-state index < -0.39 is 0 Å². The van der Waals surface area contributed by atoms with Gasteiger partial charge in [-0.05, 0) is 30.2 Å². The van der Waals surface area contributed by atoms with Gasteiger partial charge in [0.2, 0.25) is 0 Å². The molecule has 0 unspecified atom stereocenters. The van der Waals surface area contributed by atoms with Gasteiger partial charge in [-0.2, -0.15) is 0 Å². The minimum atomic E-state index is 0.0702. The Morgan fingerprint density at radius 2 is 1.78 bits per heavy atom. The molecule has 0 fully saturated rings. The lowest BCUT2D eigenvalue weighted by Crippen LogP contribution is -2.32. The van der Waals surface area contributed by atoms with Crippen molar-refractivity contribution in [1.29, 1.82) is 0 Å². The van der Waals surface area contributed by atoms with E-state index in [-0.39, 0.29) is 5.41 Å². The zero-order valence-electron chi connectivity index (χ0n) is 14.4. The molecule has 3 aromatic rings. The number of H-pyrrole nitrogens is 1. The first-order chi connectivity index (χ1) is 11.0. The third-order valence-electron chi connectivity index (χ3n) is 4.57. The van der Waals surface area contributed by atoms with Crippen molar-refractivity contribution >= 4 is 10.8 Å². The summed E-state index contributed by atoms with van der Waals surface area (Å²) in [5.41, 5.74) is 3.66. The predicted molar refractivity (Wildman–Crippen MR) is 96.7 cm³/mol. The van der Waals surface area contributed by atoms with Crippen molar-refractivity contribution in [3.63, 3.8) is 0 Å². The van der Waals surface area contributed by atoms with Crippen LogP contribution in [0.4, 0.5) is 0 Å². The van der Waals surface area contributed by atoms with Crippen molar-refractivity contribution in [3.8, 4) is 0 Å². The van der Waals surface area contributed by atoms with Crippen LogP contribution in [0.3, 0.4) is 0 Å². The summed E-state index contributed by atoms with van der Waals surface area (Å²) in [6.45, 7) is 10.3. The van der Waals surface area contributed by atoms with E-state index in [0.717, 1.165) is 30.3 Å². The van der Waals surface area contributed by atoms with E-state index in [2.05, 4.69) is 78.5 Å². The maximum Gasteiger partial charge on any atom is 0.120 e. The third kappa shape index (κ3) is 3.45. The first-order valence-electron chi connectivity index (χ1n) is 8.18. The molecule has 3 heteroatoms. The highest BCUT2D eigenvalue weighted by molar-refractivity contribution is 5.83. The maximum atomic E-state index is 4.53. The molecule has 2 aromatic carbocycles. The molecule has 0 saturated heterocycles. The fraction of sp³-hybridized carbons (Fsp3) is 0.350. The molecule has 120 valence electrons. The van der Waals surface area contributed by atoms with Crippen molar-refractivity contribution < 1.29 is 0 Å². The summed E-state index contributed by atoms with van der Waals surface area (Å²) >= 11 is 0. The van der Waals surface area contributed by atoms with Gasteiger partial charge >= 0.3 is 0 Å². The first-order valence-corrected chi connectivity index (χ1v) is 8.18. The summed E-state index contributed by atoms with van der Waals surface area (Å²) in [7, 11) is 0. The lowest BCUT2D eigenvalue weighted by molar-refractivity contribution is 0.465. The van der Waals surface area contributed by atoms with Crippen molar-refractivity contribution in [3.05, 3.63) is 65.2 Å². The second-order valence-electron chi connectivity index (χ2n) is 6.94. The number of hydrogen-bond acceptors (Lipinski definition) is 2. The molecule has 1 heterocycles. The zero-order chi connectivity index (χ0) is 16.4. The van der Waals surface area contributed by atoms with Crippen LogP contribution in [-0.2, 0) is 12.0 Å². The molecule has 0 aliphatic carbocycles. The van der Waals surface area contributed by atoms with Crippen LogP contribution >= 0.6 is 0 Å². The molecule has 0 saturated carbocycles. The van der Waals surface area contributed by atoms with Crippen molar-refractivity contribution in [1.82, 2.24) is 15.3 Å². The minimum absolute atomic E-state index is 0.0702. The van der Waals surface area contributed by atoms with Crippen LogP contribution in [0, 0.1) is 13.8 Å². The van der Waals surface area contributed by atoms with E-state index in [1.807, 2.05) is 6.92 Å². The molecule has 2 N–H and O–H groups in total. The number of aryl methyl sites for hydroxylation is 2. The van der Waals surface area contributed by atoms with Crippen LogP contribution in [0.2, 0.25) is 0 Å². The smallest absolute Gasteiger partial charge is 0.120 e. The molecule has 23 heavy (non-hydrogen) atoms. The zero-order valence-corrected chi connectivity index (χ0v) is 14.4. The lowest BCUT2D eigenvalue weighted by atomic mass is 9.83. The molecule has 0 aliphatic rings. The summed E-state index contributed by atoms with van der Waals surface area (Å²) in [4.78, 5) is 7.85. The van der Waals surface area contributed by atoms with Gasteiger partial charge in [-0.3, -0.25) is 0 Å². The van der Waals surface area contributed by atoms with Gasteiger partial charge < -0.3 is 10.3 Å². The molecular formula is C20H25N3. The van der Waals surface area contributed by atoms with Crippen LogP contribution in [0.15, 0.2) is 42.5 Å². The molecule has 0 bridgehead atoms. The van der Waals surface area contributed by atoms with E-state index >= 15 is 0 Å². The van der Waals surface area contributed by atoms with Crippen LogP contribution in [-0.4, -0.2) is 16.5 Å². The SMILES string of the molecule is Cc1nc(CNCC(C)(C)c2ccc3ccccc3c2)[nH]c1C. The van der Waals surface area contributed by atoms with E-state index in [1.54, 1.807) is 0 Å². The first kappa shape index (κ1) is 15.8. The number of fused-ring (bicyclic) bond motifs is 1. The number of benzene rings is 2. The molecule has 3 nitrogen and oxygen atoms in total. The molecule has 0 amide bonds. The molecule has 0 spiro atoms. The van der Waals surface area contributed by atoms with Crippen molar-refractivity contribution in [2.24, 2.45) is 0 Å². The Balaban J connectivity index is 1.69. The fourth-order valence-corrected chi connectivity index (χ4v) is 2.91. The van der Waals surface area contributed by atoms with Gasteiger partial charge in [-0.1, -0.05) is 56.3 Å². The lowest BCUT2D eigenvalue weighted by Gasteiger charge is -2.26. The minimum Gasteiger partial charge on any atom is -0.345 e. The molecule has 3 rings (SSSR count). The summed E-state index contributed by atoms with van der Waals surface area (Å²) in [5.74, 6) is 1.01. The molecule has 0 radical (unpaired) electrons.